The van der Waals surface area contributed by atoms with E-state index in [1.807, 2.05) is 6.26 Å². The van der Waals surface area contributed by atoms with Gasteiger partial charge in [-0.15, -0.1) is 0 Å². The van der Waals surface area contributed by atoms with Crippen molar-refractivity contribution in [2.24, 2.45) is 0 Å². The molecule has 1 amide bonds. The van der Waals surface area contributed by atoms with Gasteiger partial charge >= 0.3 is 0 Å². The lowest BCUT2D eigenvalue weighted by Gasteiger charge is -2.21. The van der Waals surface area contributed by atoms with Crippen molar-refractivity contribution in [3.63, 3.8) is 0 Å². The Morgan fingerprint density at radius 2 is 2.26 bits per heavy atom. The van der Waals surface area contributed by atoms with Gasteiger partial charge in [-0.3, -0.25) is 4.79 Å². The number of methoxy groups -OCH3 is 1. The molecule has 1 rings (SSSR count). The van der Waals surface area contributed by atoms with E-state index in [2.05, 4.69) is 5.32 Å². The van der Waals surface area contributed by atoms with E-state index in [0.717, 1.165) is 0 Å². The quantitative estimate of drug-likeness (QED) is 0.836. The van der Waals surface area contributed by atoms with Crippen LogP contribution in [-0.2, 0) is 0 Å². The molecule has 0 spiro atoms. The number of halogens is 1. The topological polar surface area (TPSA) is 58.6 Å². The maximum absolute atomic E-state index is 13.7. The van der Waals surface area contributed by atoms with Crippen LogP contribution >= 0.6 is 11.8 Å². The van der Waals surface area contributed by atoms with E-state index >= 15 is 0 Å². The Balaban J connectivity index is 2.89. The Labute approximate surface area is 116 Å². The molecule has 0 aliphatic heterocycles. The van der Waals surface area contributed by atoms with Crippen LogP contribution in [0.2, 0.25) is 0 Å². The monoisotopic (exact) mass is 287 g/mol. The Bertz CT molecular complexity index is 438. The van der Waals surface area contributed by atoms with Crippen LogP contribution in [0.5, 0.6) is 5.75 Å². The van der Waals surface area contributed by atoms with Crippen LogP contribution in [-0.4, -0.2) is 42.3 Å². The molecule has 0 saturated heterocycles. The first-order valence-electron chi connectivity index (χ1n) is 5.82. The van der Waals surface area contributed by atoms with Crippen molar-refractivity contribution < 1.29 is 19.0 Å². The van der Waals surface area contributed by atoms with Crippen molar-refractivity contribution in [3.05, 3.63) is 29.6 Å². The molecule has 6 heteroatoms. The van der Waals surface area contributed by atoms with E-state index in [9.17, 15) is 9.18 Å². The van der Waals surface area contributed by atoms with Crippen LogP contribution < -0.4 is 10.1 Å². The highest BCUT2D eigenvalue weighted by Gasteiger charge is 2.22. The van der Waals surface area contributed by atoms with Gasteiger partial charge in [-0.05, 0) is 25.3 Å². The zero-order chi connectivity index (χ0) is 14.4. The summed E-state index contributed by atoms with van der Waals surface area (Å²) in [5, 5.41) is 11.7. The summed E-state index contributed by atoms with van der Waals surface area (Å²) in [4.78, 5) is 12.1. The summed E-state index contributed by atoms with van der Waals surface area (Å²) in [6.07, 6.45) is 1.84. The third kappa shape index (κ3) is 3.84. The summed E-state index contributed by atoms with van der Waals surface area (Å²) in [6, 6.07) is 3.94. The standard InChI is InChI=1S/C13H18FNO3S/c1-8(11(7-16)19-3)15-13(17)12-9(14)5-4-6-10(12)18-2/h4-6,8,11,16H,7H2,1-3H3,(H,15,17). The Morgan fingerprint density at radius 3 is 2.79 bits per heavy atom. The van der Waals surface area contributed by atoms with E-state index in [4.69, 9.17) is 9.84 Å². The van der Waals surface area contributed by atoms with E-state index in [1.54, 1.807) is 6.92 Å². The zero-order valence-corrected chi connectivity index (χ0v) is 12.0. The highest BCUT2D eigenvalue weighted by Crippen LogP contribution is 2.21. The fourth-order valence-corrected chi connectivity index (χ4v) is 2.33. The fourth-order valence-electron chi connectivity index (χ4n) is 1.70. The molecule has 106 valence electrons. The van der Waals surface area contributed by atoms with Crippen molar-refractivity contribution in [2.45, 2.75) is 18.2 Å². The van der Waals surface area contributed by atoms with Crippen molar-refractivity contribution in [2.75, 3.05) is 20.0 Å². The number of hydrogen-bond donors (Lipinski definition) is 2. The highest BCUT2D eigenvalue weighted by atomic mass is 32.2. The molecule has 4 nitrogen and oxygen atoms in total. The van der Waals surface area contributed by atoms with Gasteiger partial charge < -0.3 is 15.2 Å². The van der Waals surface area contributed by atoms with E-state index < -0.39 is 11.7 Å². The lowest BCUT2D eigenvalue weighted by molar-refractivity contribution is 0.0928. The van der Waals surface area contributed by atoms with Gasteiger partial charge in [0, 0.05) is 11.3 Å². The summed E-state index contributed by atoms with van der Waals surface area (Å²) >= 11 is 1.44. The predicted octanol–water partition coefficient (Wildman–Crippen LogP) is 1.68. The van der Waals surface area contributed by atoms with Gasteiger partial charge in [-0.2, -0.15) is 11.8 Å². The minimum Gasteiger partial charge on any atom is -0.496 e. The lowest BCUT2D eigenvalue weighted by Crippen LogP contribution is -2.41. The number of hydrogen-bond acceptors (Lipinski definition) is 4. The second-order valence-electron chi connectivity index (χ2n) is 4.04. The average molecular weight is 287 g/mol. The summed E-state index contributed by atoms with van der Waals surface area (Å²) in [6.45, 7) is 1.71. The maximum atomic E-state index is 13.7. The van der Waals surface area contributed by atoms with Gasteiger partial charge in [-0.1, -0.05) is 6.07 Å². The molecule has 2 unspecified atom stereocenters. The number of aliphatic hydroxyl groups is 1. The third-order valence-electron chi connectivity index (χ3n) is 2.82. The van der Waals surface area contributed by atoms with Crippen LogP contribution in [0.3, 0.4) is 0 Å². The third-order valence-corrected chi connectivity index (χ3v) is 3.98. The first-order valence-corrected chi connectivity index (χ1v) is 7.11. The molecule has 1 aromatic rings. The zero-order valence-electron chi connectivity index (χ0n) is 11.1. The molecule has 0 saturated carbocycles. The second kappa shape index (κ2) is 7.35. The largest absolute Gasteiger partial charge is 0.496 e. The minimum absolute atomic E-state index is 0.0585. The van der Waals surface area contributed by atoms with Gasteiger partial charge in [-0.25, -0.2) is 4.39 Å². The van der Waals surface area contributed by atoms with E-state index in [0.29, 0.717) is 0 Å². The molecule has 0 aliphatic carbocycles. The summed E-state index contributed by atoms with van der Waals surface area (Å²) in [7, 11) is 1.38. The van der Waals surface area contributed by atoms with Crippen LogP contribution in [0.1, 0.15) is 17.3 Å². The van der Waals surface area contributed by atoms with Crippen LogP contribution in [0.25, 0.3) is 0 Å². The van der Waals surface area contributed by atoms with Crippen molar-refractivity contribution in [1.82, 2.24) is 5.32 Å². The summed E-state index contributed by atoms with van der Waals surface area (Å²) in [5.41, 5.74) is -0.116. The van der Waals surface area contributed by atoms with Gasteiger partial charge in [0.25, 0.3) is 5.91 Å². The van der Waals surface area contributed by atoms with Crippen molar-refractivity contribution >= 4 is 17.7 Å². The molecule has 0 bridgehead atoms. The Morgan fingerprint density at radius 1 is 1.58 bits per heavy atom. The molecule has 0 heterocycles. The summed E-state index contributed by atoms with van der Waals surface area (Å²) in [5.74, 6) is -0.988. The lowest BCUT2D eigenvalue weighted by atomic mass is 10.1. The Hall–Kier alpha value is -1.27. The molecule has 0 aromatic heterocycles. The van der Waals surface area contributed by atoms with Crippen LogP contribution in [0.15, 0.2) is 18.2 Å². The second-order valence-corrected chi connectivity index (χ2v) is 5.11. The van der Waals surface area contributed by atoms with Gasteiger partial charge in [0.15, 0.2) is 0 Å². The molecule has 19 heavy (non-hydrogen) atoms. The molecule has 0 radical (unpaired) electrons. The number of rotatable bonds is 6. The molecule has 0 fully saturated rings. The first-order chi connectivity index (χ1) is 9.04. The first kappa shape index (κ1) is 15.8. The number of carbonyl (C=O) groups excluding carboxylic acids is 1. The fraction of sp³-hybridized carbons (Fsp3) is 0.462. The number of carbonyl (C=O) groups is 1. The Kier molecular flexibility index (Phi) is 6.11. The number of aliphatic hydroxyl groups excluding tert-OH is 1. The normalized spacial score (nSPS) is 13.7. The number of benzene rings is 1. The van der Waals surface area contributed by atoms with Crippen molar-refractivity contribution in [1.29, 1.82) is 0 Å². The molecular formula is C13H18FNO3S. The SMILES string of the molecule is COc1cccc(F)c1C(=O)NC(C)C(CO)SC. The van der Waals surface area contributed by atoms with E-state index in [-0.39, 0.29) is 29.2 Å². The number of nitrogens with one attached hydrogen (secondary N) is 1. The van der Waals surface area contributed by atoms with Gasteiger partial charge in [0.05, 0.1) is 13.7 Å². The molecule has 0 aliphatic rings. The number of thioether (sulfide) groups is 1. The molecule has 1 aromatic carbocycles. The summed E-state index contributed by atoms with van der Waals surface area (Å²) < 4.78 is 18.7. The predicted molar refractivity (Wildman–Crippen MR) is 74.3 cm³/mol. The molecular weight excluding hydrogens is 269 g/mol. The molecule has 2 N–H and O–H groups in total. The van der Waals surface area contributed by atoms with Crippen molar-refractivity contribution in [3.8, 4) is 5.75 Å². The van der Waals surface area contributed by atoms with Gasteiger partial charge in [0.1, 0.15) is 17.1 Å². The van der Waals surface area contributed by atoms with Crippen LogP contribution in [0, 0.1) is 5.82 Å². The highest BCUT2D eigenvalue weighted by molar-refractivity contribution is 7.99. The number of amides is 1. The van der Waals surface area contributed by atoms with E-state index in [1.165, 1.54) is 37.1 Å². The van der Waals surface area contributed by atoms with Crippen LogP contribution in [0.4, 0.5) is 4.39 Å². The smallest absolute Gasteiger partial charge is 0.258 e. The number of ether oxygens (including phenoxy) is 1. The average Bonchev–Trinajstić information content (AvgIpc) is 2.39. The minimum atomic E-state index is -0.631. The maximum Gasteiger partial charge on any atom is 0.258 e. The molecule has 2 atom stereocenters. The van der Waals surface area contributed by atoms with Gasteiger partial charge in [0.2, 0.25) is 0 Å².